The summed E-state index contributed by atoms with van der Waals surface area (Å²) in [7, 11) is 1.45. The Hall–Kier alpha value is -3.55. The zero-order chi connectivity index (χ0) is 18.1. The van der Waals surface area contributed by atoms with E-state index in [1.807, 2.05) is 0 Å². The summed E-state index contributed by atoms with van der Waals surface area (Å²) in [5.41, 5.74) is -0.0221. The van der Waals surface area contributed by atoms with E-state index in [-0.39, 0.29) is 22.7 Å². The largest absolute Gasteiger partial charge is 0.422 e. The number of fused-ring (bicyclic) bond motifs is 1. The van der Waals surface area contributed by atoms with Gasteiger partial charge in [-0.3, -0.25) is 14.9 Å². The maximum absolute atomic E-state index is 12.5. The van der Waals surface area contributed by atoms with E-state index in [1.165, 1.54) is 25.2 Å². The lowest BCUT2D eigenvalue weighted by Gasteiger charge is -2.08. The van der Waals surface area contributed by atoms with Crippen LogP contribution in [0.25, 0.3) is 10.8 Å². The Morgan fingerprint density at radius 3 is 2.52 bits per heavy atom. The van der Waals surface area contributed by atoms with Crippen LogP contribution in [0.4, 0.5) is 5.69 Å². The van der Waals surface area contributed by atoms with Crippen LogP contribution in [-0.2, 0) is 7.05 Å². The molecule has 2 aromatic carbocycles. The number of nitrogens with zero attached hydrogens (tertiary/aromatic N) is 3. The first-order valence-corrected chi connectivity index (χ1v) is 7.32. The molecule has 0 aliphatic carbocycles. The fraction of sp³-hybridized carbons (Fsp3) is 0.118. The molecule has 8 nitrogen and oxygen atoms in total. The highest BCUT2D eigenvalue weighted by Crippen LogP contribution is 2.24. The fourth-order valence-corrected chi connectivity index (χ4v) is 2.50. The molecule has 0 aliphatic rings. The lowest BCUT2D eigenvalue weighted by atomic mass is 10.1. The molecule has 0 atom stereocenters. The second-order valence-corrected chi connectivity index (χ2v) is 5.42. The van der Waals surface area contributed by atoms with Crippen molar-refractivity contribution in [2.75, 3.05) is 0 Å². The number of hydrogen-bond acceptors (Lipinski definition) is 6. The predicted octanol–water partition coefficient (Wildman–Crippen LogP) is 2.37. The fourth-order valence-electron chi connectivity index (χ4n) is 2.50. The zero-order valence-electron chi connectivity index (χ0n) is 13.4. The summed E-state index contributed by atoms with van der Waals surface area (Å²) >= 11 is 0. The van der Waals surface area contributed by atoms with Crippen LogP contribution in [0.3, 0.4) is 0 Å². The average Bonchev–Trinajstić information content (AvgIpc) is 2.57. The van der Waals surface area contributed by atoms with E-state index in [1.54, 1.807) is 31.2 Å². The van der Waals surface area contributed by atoms with Gasteiger partial charge in [-0.15, -0.1) is 0 Å². The van der Waals surface area contributed by atoms with Crippen molar-refractivity contribution in [3.8, 4) is 5.75 Å². The number of nitro groups is 1. The molecule has 0 saturated carbocycles. The van der Waals surface area contributed by atoms with Gasteiger partial charge in [-0.05, 0) is 25.1 Å². The van der Waals surface area contributed by atoms with E-state index in [2.05, 4.69) is 5.10 Å². The molecule has 3 aromatic rings. The number of benzene rings is 2. The summed E-state index contributed by atoms with van der Waals surface area (Å²) in [6, 6.07) is 10.6. The molecule has 0 unspecified atom stereocenters. The quantitative estimate of drug-likeness (QED) is 0.314. The molecule has 0 saturated heterocycles. The first kappa shape index (κ1) is 16.3. The van der Waals surface area contributed by atoms with Gasteiger partial charge >= 0.3 is 5.97 Å². The second kappa shape index (κ2) is 6.16. The molecular weight excluding hydrogens is 326 g/mol. The van der Waals surface area contributed by atoms with Gasteiger partial charge in [-0.25, -0.2) is 9.48 Å². The van der Waals surface area contributed by atoms with Crippen molar-refractivity contribution in [2.24, 2.45) is 7.05 Å². The van der Waals surface area contributed by atoms with Crippen LogP contribution in [0, 0.1) is 17.0 Å². The molecule has 0 fully saturated rings. The summed E-state index contributed by atoms with van der Waals surface area (Å²) in [5, 5.41) is 15.6. The van der Waals surface area contributed by atoms with Crippen molar-refractivity contribution in [2.45, 2.75) is 6.92 Å². The Morgan fingerprint density at radius 2 is 1.88 bits per heavy atom. The number of hydrogen-bond donors (Lipinski definition) is 0. The smallest absolute Gasteiger partial charge is 0.364 e. The number of carbonyl (C=O) groups excluding carboxylic acids is 1. The molecule has 0 N–H and O–H groups in total. The maximum Gasteiger partial charge on any atom is 0.364 e. The number of aromatic nitrogens is 2. The van der Waals surface area contributed by atoms with E-state index in [9.17, 15) is 19.7 Å². The molecule has 0 bridgehead atoms. The molecule has 0 amide bonds. The molecule has 1 heterocycles. The Balaban J connectivity index is 2.01. The van der Waals surface area contributed by atoms with Crippen LogP contribution in [0.5, 0.6) is 5.75 Å². The molecule has 3 rings (SSSR count). The van der Waals surface area contributed by atoms with Crippen molar-refractivity contribution in [1.29, 1.82) is 0 Å². The van der Waals surface area contributed by atoms with Crippen LogP contribution in [-0.4, -0.2) is 20.7 Å². The lowest BCUT2D eigenvalue weighted by molar-refractivity contribution is -0.385. The number of rotatable bonds is 3. The van der Waals surface area contributed by atoms with Crippen LogP contribution >= 0.6 is 0 Å². The minimum atomic E-state index is -0.750. The number of esters is 1. The molecule has 0 radical (unpaired) electrons. The maximum atomic E-state index is 12.5. The topological polar surface area (TPSA) is 104 Å². The molecule has 0 aliphatic heterocycles. The van der Waals surface area contributed by atoms with Gasteiger partial charge < -0.3 is 4.74 Å². The van der Waals surface area contributed by atoms with Gasteiger partial charge in [0, 0.05) is 24.1 Å². The highest BCUT2D eigenvalue weighted by atomic mass is 16.6. The molecule has 8 heteroatoms. The summed E-state index contributed by atoms with van der Waals surface area (Å²) in [4.78, 5) is 34.9. The third kappa shape index (κ3) is 2.97. The lowest BCUT2D eigenvalue weighted by Crippen LogP contribution is -2.24. The van der Waals surface area contributed by atoms with Crippen LogP contribution in [0.15, 0.2) is 47.3 Å². The first-order chi connectivity index (χ1) is 11.9. The van der Waals surface area contributed by atoms with Crippen molar-refractivity contribution in [3.63, 3.8) is 0 Å². The van der Waals surface area contributed by atoms with Crippen LogP contribution in [0.2, 0.25) is 0 Å². The second-order valence-electron chi connectivity index (χ2n) is 5.42. The van der Waals surface area contributed by atoms with Gasteiger partial charge in [0.2, 0.25) is 0 Å². The van der Waals surface area contributed by atoms with E-state index < -0.39 is 10.9 Å². The van der Waals surface area contributed by atoms with Gasteiger partial charge in [0.15, 0.2) is 5.69 Å². The van der Waals surface area contributed by atoms with E-state index in [0.717, 1.165) is 4.68 Å². The van der Waals surface area contributed by atoms with Gasteiger partial charge in [0.05, 0.1) is 10.3 Å². The Morgan fingerprint density at radius 1 is 1.20 bits per heavy atom. The van der Waals surface area contributed by atoms with E-state index in [4.69, 9.17) is 4.74 Å². The molecular formula is C17H13N3O5. The van der Waals surface area contributed by atoms with E-state index >= 15 is 0 Å². The third-order valence-corrected chi connectivity index (χ3v) is 3.73. The molecule has 126 valence electrons. The van der Waals surface area contributed by atoms with Gasteiger partial charge in [0.1, 0.15) is 5.75 Å². The Labute approximate surface area is 141 Å². The normalized spacial score (nSPS) is 10.6. The highest BCUT2D eigenvalue weighted by molar-refractivity contribution is 6.02. The predicted molar refractivity (Wildman–Crippen MR) is 89.8 cm³/mol. The standard InChI is InChI=1S/C17H13N3O5/c1-10-9-11(7-8-14(10)20(23)24)25-17(22)15-12-5-3-4-6-13(12)16(21)19(2)18-15/h3-9H,1-2H3. The van der Waals surface area contributed by atoms with Gasteiger partial charge in [-0.1, -0.05) is 18.2 Å². The molecule has 1 aromatic heterocycles. The zero-order valence-corrected chi connectivity index (χ0v) is 13.4. The van der Waals surface area contributed by atoms with Crippen molar-refractivity contribution in [1.82, 2.24) is 9.78 Å². The number of carbonyl (C=O) groups is 1. The Bertz CT molecular complexity index is 1070. The van der Waals surface area contributed by atoms with E-state index in [0.29, 0.717) is 16.3 Å². The summed E-state index contributed by atoms with van der Waals surface area (Å²) < 4.78 is 6.35. The van der Waals surface area contributed by atoms with Crippen molar-refractivity contribution < 1.29 is 14.5 Å². The third-order valence-electron chi connectivity index (χ3n) is 3.73. The summed E-state index contributed by atoms with van der Waals surface area (Å²) in [6.07, 6.45) is 0. The van der Waals surface area contributed by atoms with Crippen LogP contribution < -0.4 is 10.3 Å². The number of ether oxygens (including phenoxy) is 1. The monoisotopic (exact) mass is 339 g/mol. The molecule has 25 heavy (non-hydrogen) atoms. The molecule has 0 spiro atoms. The number of aryl methyl sites for hydroxylation is 2. The van der Waals surface area contributed by atoms with Crippen molar-refractivity contribution in [3.05, 3.63) is 74.2 Å². The van der Waals surface area contributed by atoms with Crippen LogP contribution in [0.1, 0.15) is 16.1 Å². The number of nitro benzene ring substituents is 1. The van der Waals surface area contributed by atoms with Gasteiger partial charge in [0.25, 0.3) is 11.2 Å². The van der Waals surface area contributed by atoms with Crippen molar-refractivity contribution >= 4 is 22.4 Å². The SMILES string of the molecule is Cc1cc(OC(=O)c2nn(C)c(=O)c3ccccc23)ccc1[N+](=O)[O-]. The minimum absolute atomic E-state index is 0.00583. The minimum Gasteiger partial charge on any atom is -0.422 e. The summed E-state index contributed by atoms with van der Waals surface area (Å²) in [6.45, 7) is 1.55. The summed E-state index contributed by atoms with van der Waals surface area (Å²) in [5.74, 6) is -0.590. The average molecular weight is 339 g/mol. The first-order valence-electron chi connectivity index (χ1n) is 7.32. The Kier molecular flexibility index (Phi) is 4.02. The highest BCUT2D eigenvalue weighted by Gasteiger charge is 2.19. The van der Waals surface area contributed by atoms with Gasteiger partial charge in [-0.2, -0.15) is 5.10 Å².